The molecule has 380 valence electrons. The summed E-state index contributed by atoms with van der Waals surface area (Å²) in [6, 6.07) is 20.9. The topological polar surface area (TPSA) is 249 Å². The van der Waals surface area contributed by atoms with Crippen molar-refractivity contribution in [1.82, 2.24) is 80.6 Å². The second kappa shape index (κ2) is 21.6. The molecule has 8 heterocycles. The van der Waals surface area contributed by atoms with Crippen molar-refractivity contribution < 1.29 is 23.9 Å². The lowest BCUT2D eigenvalue weighted by Gasteiger charge is -2.34. The number of carbonyl (C=O) groups excluding carboxylic acids is 3. The van der Waals surface area contributed by atoms with Crippen LogP contribution in [0.15, 0.2) is 97.6 Å². The molecule has 2 aliphatic heterocycles. The molecule has 0 bridgehead atoms. The van der Waals surface area contributed by atoms with Crippen molar-refractivity contribution in [3.05, 3.63) is 119 Å². The Morgan fingerprint density at radius 1 is 0.635 bits per heavy atom. The molecule has 0 aliphatic carbocycles. The molecule has 2 aliphatic rings. The third-order valence-electron chi connectivity index (χ3n) is 13.0. The van der Waals surface area contributed by atoms with E-state index in [9.17, 15) is 14.4 Å². The normalized spacial score (nSPS) is 16.6. The number of pyridine rings is 2. The predicted octanol–water partition coefficient (Wildman–Crippen LogP) is 6.58. The summed E-state index contributed by atoms with van der Waals surface area (Å²) in [6.07, 6.45) is 6.81. The molecule has 6 aromatic heterocycles. The number of benzene rings is 2. The molecule has 8 aromatic rings. The van der Waals surface area contributed by atoms with Gasteiger partial charge in [-0.05, 0) is 133 Å². The van der Waals surface area contributed by atoms with Gasteiger partial charge in [-0.15, -0.1) is 10.2 Å². The highest BCUT2D eigenvalue weighted by Gasteiger charge is 2.33. The van der Waals surface area contributed by atoms with Gasteiger partial charge in [-0.1, -0.05) is 47.5 Å². The van der Waals surface area contributed by atoms with Gasteiger partial charge in [-0.3, -0.25) is 28.8 Å². The molecule has 25 heteroatoms. The van der Waals surface area contributed by atoms with Crippen molar-refractivity contribution >= 4 is 52.8 Å². The fraction of sp³-hybridized carbons (Fsp3) is 0.327. The van der Waals surface area contributed by atoms with Gasteiger partial charge >= 0.3 is 6.16 Å². The van der Waals surface area contributed by atoms with Gasteiger partial charge in [0.1, 0.15) is 11.4 Å². The lowest BCUT2D eigenvalue weighted by molar-refractivity contribution is -0.0374. The fourth-order valence-electron chi connectivity index (χ4n) is 9.37. The van der Waals surface area contributed by atoms with Crippen LogP contribution in [0.3, 0.4) is 0 Å². The van der Waals surface area contributed by atoms with Crippen LogP contribution in [-0.2, 0) is 23.6 Å². The smallest absolute Gasteiger partial charge is 0.408 e. The van der Waals surface area contributed by atoms with Gasteiger partial charge in [0.25, 0.3) is 11.8 Å². The number of carbonyl (C=O) groups is 3. The van der Waals surface area contributed by atoms with Crippen LogP contribution in [0.2, 0.25) is 10.0 Å². The number of rotatable bonds is 14. The molecule has 0 unspecified atom stereocenters. The van der Waals surface area contributed by atoms with E-state index in [4.69, 9.17) is 32.7 Å². The number of aryl methyl sites for hydroxylation is 2. The van der Waals surface area contributed by atoms with Crippen LogP contribution >= 0.6 is 23.2 Å². The first kappa shape index (κ1) is 49.6. The Bertz CT molecular complexity index is 3080. The number of ether oxygens (including phenoxy) is 2. The molecule has 10 rings (SSSR count). The first-order valence-corrected chi connectivity index (χ1v) is 24.7. The van der Waals surface area contributed by atoms with Crippen LogP contribution in [0.4, 0.5) is 16.4 Å². The number of piperidine rings is 2. The number of aromatic nitrogens is 14. The van der Waals surface area contributed by atoms with Crippen LogP contribution in [0.25, 0.3) is 45.3 Å². The lowest BCUT2D eigenvalue weighted by atomic mass is 10.0. The van der Waals surface area contributed by atoms with Gasteiger partial charge < -0.3 is 20.1 Å². The molecule has 0 saturated carbocycles. The molecule has 2 amide bonds. The Morgan fingerprint density at radius 2 is 1.05 bits per heavy atom. The van der Waals surface area contributed by atoms with E-state index in [1.54, 1.807) is 120 Å². The van der Waals surface area contributed by atoms with E-state index in [0.29, 0.717) is 68.4 Å². The van der Waals surface area contributed by atoms with E-state index >= 15 is 0 Å². The Hall–Kier alpha value is -7.99. The highest BCUT2D eigenvalue weighted by atomic mass is 35.5. The molecule has 4 atom stereocenters. The van der Waals surface area contributed by atoms with E-state index < -0.39 is 18.6 Å². The molecule has 74 heavy (non-hydrogen) atoms. The highest BCUT2D eigenvalue weighted by molar-refractivity contribution is 6.34. The van der Waals surface area contributed by atoms with Gasteiger partial charge in [0.15, 0.2) is 24.1 Å². The summed E-state index contributed by atoms with van der Waals surface area (Å²) in [5.41, 5.74) is 4.69. The summed E-state index contributed by atoms with van der Waals surface area (Å²) in [4.78, 5) is 54.2. The average Bonchev–Trinajstić information content (AvgIpc) is 4.25. The summed E-state index contributed by atoms with van der Waals surface area (Å²) in [5.74, 6) is 0.847. The number of nitrogens with zero attached hydrogens (tertiary/aromatic N) is 16. The standard InChI is InChI=1S/C49H50Cl2N18O5/c1-29(68-45(58-60-62-68)41-37(27-56-64(41)3)31-13-17-33(18-14-31)47(70)66(35-9-5-21-52-25-35)43-39(50)11-7-23-54-43)73-49(72)74-30(2)69-46(59-61-63-69)42-38(28-57-65(42)4)32-15-19-34(20-16-32)48(71)67(36-10-6-22-53-26-36)44-40(51)12-8-24-55-44/h7-8,11-20,23-24,27-30,35-36,52-53H,5-6,9-10,21-22,25-26H2,1-4H3/t29-,30-,35+,36+/m0/s1. The SMILES string of the molecule is C[C@H](OC(=O)O[C@@H](C)n1nnnc1-c1c(-c2ccc(C(=O)N(c3ncccc3Cl)[C@@H]3CCCNC3)cc2)cnn1C)n1nnnc1-c1c(-c2ccc(C(=O)N(c3ncccc3Cl)[C@@H]3CCCNC3)cc2)cnn1C. The second-order valence-electron chi connectivity index (χ2n) is 17.8. The largest absolute Gasteiger partial charge is 0.512 e. The summed E-state index contributed by atoms with van der Waals surface area (Å²) in [5, 5.41) is 41.2. The van der Waals surface area contributed by atoms with Gasteiger partial charge in [-0.2, -0.15) is 19.6 Å². The first-order valence-electron chi connectivity index (χ1n) is 23.9. The summed E-state index contributed by atoms with van der Waals surface area (Å²) < 4.78 is 17.4. The van der Waals surface area contributed by atoms with Crippen LogP contribution in [0, 0.1) is 0 Å². The summed E-state index contributed by atoms with van der Waals surface area (Å²) >= 11 is 13.2. The van der Waals surface area contributed by atoms with E-state index in [1.807, 2.05) is 24.3 Å². The van der Waals surface area contributed by atoms with Crippen LogP contribution in [0.1, 0.15) is 72.7 Å². The zero-order chi connectivity index (χ0) is 51.5. The van der Waals surface area contributed by atoms with Crippen LogP contribution in [-0.4, -0.2) is 126 Å². The van der Waals surface area contributed by atoms with E-state index in [0.717, 1.165) is 49.9 Å². The lowest BCUT2D eigenvalue weighted by Crippen LogP contribution is -2.49. The number of anilines is 2. The number of tetrazole rings is 2. The molecule has 2 fully saturated rings. The first-order chi connectivity index (χ1) is 36.0. The zero-order valence-corrected chi connectivity index (χ0v) is 42.2. The van der Waals surface area contributed by atoms with E-state index in [-0.39, 0.29) is 35.5 Å². The second-order valence-corrected chi connectivity index (χ2v) is 18.6. The van der Waals surface area contributed by atoms with E-state index in [1.165, 1.54) is 9.36 Å². The summed E-state index contributed by atoms with van der Waals surface area (Å²) in [6.45, 7) is 6.16. The van der Waals surface area contributed by atoms with Crippen molar-refractivity contribution in [2.75, 3.05) is 36.0 Å². The van der Waals surface area contributed by atoms with Crippen LogP contribution in [0.5, 0.6) is 0 Å². The third kappa shape index (κ3) is 9.93. The minimum Gasteiger partial charge on any atom is -0.408 e. The predicted molar refractivity (Wildman–Crippen MR) is 272 cm³/mol. The molecule has 23 nitrogen and oxygen atoms in total. The van der Waals surface area contributed by atoms with Crippen molar-refractivity contribution in [1.29, 1.82) is 0 Å². The minimum absolute atomic E-state index is 0.132. The zero-order valence-electron chi connectivity index (χ0n) is 40.7. The Kier molecular flexibility index (Phi) is 14.5. The van der Waals surface area contributed by atoms with E-state index in [2.05, 4.69) is 61.8 Å². The quantitative estimate of drug-likeness (QED) is 0.109. The maximum Gasteiger partial charge on any atom is 0.512 e. The average molecular weight is 1040 g/mol. The minimum atomic E-state index is -1.07. The Balaban J connectivity index is 0.827. The number of amides is 2. The number of hydrogen-bond donors (Lipinski definition) is 2. The van der Waals surface area contributed by atoms with Gasteiger partial charge in [0.05, 0.1) is 34.5 Å². The molecule has 0 spiro atoms. The maximum absolute atomic E-state index is 14.2. The molecular weight excluding hydrogens is 992 g/mol. The van der Waals surface area contributed by atoms with Crippen molar-refractivity contribution in [2.24, 2.45) is 14.1 Å². The number of halogens is 2. The third-order valence-corrected chi connectivity index (χ3v) is 13.6. The molecule has 2 saturated heterocycles. The monoisotopic (exact) mass is 1040 g/mol. The van der Waals surface area contributed by atoms with Gasteiger partial charge in [0.2, 0.25) is 11.6 Å². The van der Waals surface area contributed by atoms with Crippen LogP contribution < -0.4 is 20.4 Å². The number of hydrogen-bond acceptors (Lipinski definition) is 17. The van der Waals surface area contributed by atoms with Crippen molar-refractivity contribution in [2.45, 2.75) is 64.1 Å². The van der Waals surface area contributed by atoms with Crippen molar-refractivity contribution in [3.8, 4) is 45.3 Å². The number of nitrogens with one attached hydrogen (secondary N) is 2. The Labute approximate surface area is 433 Å². The fourth-order valence-corrected chi connectivity index (χ4v) is 9.80. The molecule has 0 radical (unpaired) electrons. The van der Waals surface area contributed by atoms with Gasteiger partial charge in [-0.25, -0.2) is 14.8 Å². The maximum atomic E-state index is 14.2. The summed E-state index contributed by atoms with van der Waals surface area (Å²) in [7, 11) is 3.48. The molecule has 2 aromatic carbocycles. The molecule has 2 N–H and O–H groups in total. The highest BCUT2D eigenvalue weighted by Crippen LogP contribution is 2.36. The van der Waals surface area contributed by atoms with Crippen molar-refractivity contribution in [3.63, 3.8) is 0 Å². The van der Waals surface area contributed by atoms with Gasteiger partial charge in [0, 0.05) is 61.8 Å². The molecular formula is C49H50Cl2N18O5. The Morgan fingerprint density at radius 3 is 1.43 bits per heavy atom.